The van der Waals surface area contributed by atoms with Crippen LogP contribution in [0.5, 0.6) is 0 Å². The van der Waals surface area contributed by atoms with Crippen molar-refractivity contribution in [3.8, 4) is 0 Å². The number of carbonyl (C=O) groups excluding carboxylic acids is 9. The van der Waals surface area contributed by atoms with E-state index < -0.39 is 56.0 Å². The molecule has 8 aliphatic heterocycles. The van der Waals surface area contributed by atoms with Crippen molar-refractivity contribution in [2.75, 3.05) is 52.4 Å². The van der Waals surface area contributed by atoms with E-state index in [4.69, 9.17) is 62.5 Å². The van der Waals surface area contributed by atoms with E-state index in [-0.39, 0.29) is 130 Å². The second kappa shape index (κ2) is 57.3. The number of nitrogens with two attached hydrogens (primary N) is 6. The van der Waals surface area contributed by atoms with Crippen LogP contribution in [0.3, 0.4) is 0 Å². The zero-order chi connectivity index (χ0) is 84.6. The molecular formula is C67H79K2N25O18S2. The number of fused-ring (bicyclic) bond motifs is 1. The third-order valence-electron chi connectivity index (χ3n) is 13.4. The number of rotatable bonds is 15. The van der Waals surface area contributed by atoms with Gasteiger partial charge in [0.2, 0.25) is 23.6 Å². The van der Waals surface area contributed by atoms with Crippen LogP contribution < -0.4 is 55.7 Å². The number of carboxylic acid groups (broad SMARTS) is 1. The number of aliphatic imine (C=N–C) groups is 10. The summed E-state index contributed by atoms with van der Waals surface area (Å²) in [4.78, 5) is 177. The maximum absolute atomic E-state index is 11.9. The Morgan fingerprint density at radius 3 is 1.45 bits per heavy atom. The van der Waals surface area contributed by atoms with Crippen LogP contribution in [0.2, 0.25) is 0 Å². The zero-order valence-electron chi connectivity index (χ0n) is 60.4. The van der Waals surface area contributed by atoms with E-state index in [1.807, 2.05) is 37.2 Å². The maximum atomic E-state index is 11.9. The summed E-state index contributed by atoms with van der Waals surface area (Å²) in [5, 5.41) is 63.5. The van der Waals surface area contributed by atoms with Crippen molar-refractivity contribution in [3.05, 3.63) is 206 Å². The number of aliphatic carboxylic acids is 1. The molecule has 43 nitrogen and oxygen atoms in total. The standard InChI is InChI=1S/C14H14N4O2.C13H12N4O2S.C8H5NOS.C7H8N2O4.C6H8N4O.C5H5N3O3.C5H7N3O.C5H4N2O4.C2H6.2CH4.2K.N2.H2/c1-9(17-12-8-16-7-11(12)13(15)19)18-14(20)10-5-3-2-4-6-10;14-11(18)9-6-15-7-10(9)16-13(20)17-12(19)8-4-2-1-3-5-8;10-8(9-6-11)7-4-2-1-3-5-7;1-2-13-7(10)5-3-8-4-6(5)9(11)12;7-6-9-4-2-8-1-3(4)5(11)10-6;6-5(9)3-1-7-2-4(3)8(10)11;6-4-2-8-1-3(4)5(7)9;8-5(9)3-1-6-2-4(3)7(10)11;1-2;;;;;1-2;/h2-6,8H,7H2,1H3,(H2,15,19)(H,17,18,20);1-5,7H,6H2,(H2,14,18)(H2,16,17,19,20);1-5H;4H,2-3H2,1H3;2-4H,1H2,(H3,7,9,10,11);2H,1H2,(H2,6,9);2H,1,6H2,(H2,7,9);2H,1H2,(H,8,9);1-2H3;2*1H4;;;;1H. The molecule has 11 rings (SSSR count). The minimum atomic E-state index is -1.28. The number of thiocarbonyl (C=S) groups is 2. The number of carbonyl (C=O) groups is 10. The number of esters is 1. The van der Waals surface area contributed by atoms with Gasteiger partial charge in [0.1, 0.15) is 41.0 Å². The van der Waals surface area contributed by atoms with Crippen molar-refractivity contribution in [1.29, 1.82) is 10.8 Å². The fourth-order valence-electron chi connectivity index (χ4n) is 8.31. The number of nitrogens with zero attached hydrogens (tertiary/aromatic N) is 15. The number of guanidine groups is 1. The van der Waals surface area contributed by atoms with Gasteiger partial charge in [0.15, 0.2) is 11.1 Å². The fourth-order valence-corrected chi connectivity index (χ4v) is 8.60. The number of ether oxygens (including phenoxy) is 1. The van der Waals surface area contributed by atoms with Gasteiger partial charge in [-0.1, -0.05) is 83.3 Å². The van der Waals surface area contributed by atoms with Crippen LogP contribution in [0.1, 0.15) is 75.0 Å². The number of hydrogen-bond acceptors (Lipinski definition) is 32. The molecule has 2 atom stereocenters. The number of primary amides is 4. The van der Waals surface area contributed by atoms with Crippen LogP contribution in [0.25, 0.3) is 0 Å². The van der Waals surface area contributed by atoms with Gasteiger partial charge in [-0.15, -0.1) is 0 Å². The summed E-state index contributed by atoms with van der Waals surface area (Å²) in [6.45, 7) is 8.74. The molecule has 17 N–H and O–H groups in total. The van der Waals surface area contributed by atoms with Crippen molar-refractivity contribution in [3.63, 3.8) is 0 Å². The number of isothiocyanates is 1. The number of nitro groups is 3. The Kier molecular flexibility index (Phi) is 52.4. The fraction of sp³-hybridized carbons (Fsp3) is 0.239. The van der Waals surface area contributed by atoms with Crippen molar-refractivity contribution < 1.29 is 74.0 Å². The third kappa shape index (κ3) is 36.6. The van der Waals surface area contributed by atoms with E-state index in [1.54, 1.807) is 92.9 Å². The Morgan fingerprint density at radius 1 is 0.623 bits per heavy atom. The molecule has 0 spiro atoms. The molecule has 114 heavy (non-hydrogen) atoms. The van der Waals surface area contributed by atoms with Crippen LogP contribution in [0, 0.1) is 47.0 Å². The van der Waals surface area contributed by atoms with Gasteiger partial charge in [0.25, 0.3) is 40.7 Å². The van der Waals surface area contributed by atoms with Gasteiger partial charge >= 0.3 is 75.1 Å². The van der Waals surface area contributed by atoms with Gasteiger partial charge in [0.05, 0.1) is 118 Å². The van der Waals surface area contributed by atoms with E-state index in [0.717, 1.165) is 18.6 Å². The first kappa shape index (κ1) is 104. The normalized spacial score (nSPS) is 15.2. The first-order valence-electron chi connectivity index (χ1n) is 32.2. The quantitative estimate of drug-likeness (QED) is 0.0146. The number of amides is 8. The Balaban J connectivity index is -0.00000125. The van der Waals surface area contributed by atoms with Gasteiger partial charge in [0, 0.05) is 53.8 Å². The van der Waals surface area contributed by atoms with Gasteiger partial charge in [-0.2, -0.15) is 4.99 Å². The molecule has 594 valence electrons. The number of allylic oxidation sites excluding steroid dienone is 6. The summed E-state index contributed by atoms with van der Waals surface area (Å²) in [7, 11) is 0. The average Bonchev–Trinajstić information content (AvgIpc) is 1.72. The first-order chi connectivity index (χ1) is 53.4. The average molecular weight is 1660 g/mol. The first-order valence-corrected chi connectivity index (χ1v) is 49.0. The number of nitrogens with one attached hydrogen (secondary N) is 4. The van der Waals surface area contributed by atoms with Crippen molar-refractivity contribution in [2.24, 2.45) is 90.2 Å². The van der Waals surface area contributed by atoms with Crippen LogP contribution in [0.4, 0.5) is 0 Å². The Bertz CT molecular complexity index is 4570. The SMILES string of the molecule is C.C.CC.CC(=NC1=C(C(N)=O)CN=C1)NC(=O)c1ccccc1.CCOC(=O)C1=C([N+](=O)[O-])C=NC1.N#N.NC(=O)C1=C(N)C=NC1.NC(=O)C1=C(NC(=S)NC(=O)c2ccccc2)C=NC1.NC(=O)C1=C([N+](=O)[O-])C=NC1.NC1=NC2C=NCC2C(=O)N1.O=C(N=C=S)c1ccccc1.O=C(O)C1=C([N+](=O)[O-])C=NC1.[HH].[K][K]. The molecule has 0 fully saturated rings. The van der Waals surface area contributed by atoms with E-state index in [0.29, 0.717) is 69.4 Å². The third-order valence-corrected chi connectivity index (χ3v) is 13.7. The van der Waals surface area contributed by atoms with Crippen LogP contribution >= 0.6 is 24.4 Å². The monoisotopic (exact) mass is 1660 g/mol. The number of amidine groups is 1. The van der Waals surface area contributed by atoms with Crippen molar-refractivity contribution in [1.82, 2.24) is 21.3 Å². The molecule has 0 aliphatic carbocycles. The summed E-state index contributed by atoms with van der Waals surface area (Å²) >= 11 is 11.8. The summed E-state index contributed by atoms with van der Waals surface area (Å²) in [5.41, 5.74) is 33.5. The molecule has 8 amide bonds. The molecular weight excluding hydrogens is 1590 g/mol. The molecule has 0 saturated carbocycles. The van der Waals surface area contributed by atoms with E-state index >= 15 is 0 Å². The van der Waals surface area contributed by atoms with E-state index in [9.17, 15) is 78.3 Å². The second-order valence-corrected chi connectivity index (χ2v) is 21.2. The minimum absolute atomic E-state index is 0. The molecule has 2 unspecified atom stereocenters. The molecule has 3 aromatic carbocycles. The van der Waals surface area contributed by atoms with E-state index in [2.05, 4.69) is 88.1 Å². The summed E-state index contributed by atoms with van der Waals surface area (Å²) in [5.74, 6) is -4.89. The molecule has 47 heteroatoms. The molecule has 0 saturated heterocycles. The predicted octanol–water partition coefficient (Wildman–Crippen LogP) is 0.723. The van der Waals surface area contributed by atoms with Crippen molar-refractivity contribution in [2.45, 2.75) is 48.6 Å². The topological polar surface area (TPSA) is 705 Å². The van der Waals surface area contributed by atoms with Crippen LogP contribution in [-0.4, -0.2) is 266 Å². The Labute approximate surface area is 707 Å². The number of benzene rings is 3. The molecule has 8 aliphatic rings. The summed E-state index contributed by atoms with van der Waals surface area (Å²) < 4.78 is 4.62. The van der Waals surface area contributed by atoms with Gasteiger partial charge in [-0.25, -0.2) is 19.6 Å². The second-order valence-electron chi connectivity index (χ2n) is 20.6. The summed E-state index contributed by atoms with van der Waals surface area (Å²) in [6.07, 6.45) is 9.13. The van der Waals surface area contributed by atoms with E-state index in [1.165, 1.54) is 81.8 Å². The molecule has 8 heterocycles. The number of hydrogen-bond donors (Lipinski definition) is 11. The molecule has 3 aromatic rings. The molecule has 0 bridgehead atoms. The molecule has 0 aromatic heterocycles. The van der Waals surface area contributed by atoms with Crippen LogP contribution in [-0.2, 0) is 38.3 Å². The van der Waals surface area contributed by atoms with Gasteiger partial charge in [-0.3, -0.25) is 114 Å². The van der Waals surface area contributed by atoms with Crippen LogP contribution in [0.15, 0.2) is 209 Å². The zero-order valence-corrected chi connectivity index (χ0v) is 68.3. The summed E-state index contributed by atoms with van der Waals surface area (Å²) in [6, 6.07) is 26.1. The Morgan fingerprint density at radius 2 is 1.03 bits per heavy atom. The Hall–Kier alpha value is -11.8. The van der Waals surface area contributed by atoms with Gasteiger partial charge < -0.3 is 54.9 Å². The molecule has 0 radical (unpaired) electrons. The predicted molar refractivity (Wildman–Crippen MR) is 433 cm³/mol. The van der Waals surface area contributed by atoms with Gasteiger partial charge in [-0.05, 0) is 74.7 Å². The number of carboxylic acids is 1. The van der Waals surface area contributed by atoms with Crippen molar-refractivity contribution >= 4 is 212 Å².